The van der Waals surface area contributed by atoms with Crippen molar-refractivity contribution < 1.29 is 19.4 Å². The van der Waals surface area contributed by atoms with Crippen LogP contribution in [0.2, 0.25) is 0 Å². The third kappa shape index (κ3) is 4.05. The normalized spacial score (nSPS) is 21.5. The lowest BCUT2D eigenvalue weighted by Crippen LogP contribution is -2.47. The van der Waals surface area contributed by atoms with E-state index in [1.54, 1.807) is 4.90 Å². The average Bonchev–Trinajstić information content (AvgIpc) is 2.29. The Morgan fingerprint density at radius 1 is 1.67 bits per heavy atom. The van der Waals surface area contributed by atoms with Crippen LogP contribution in [0.3, 0.4) is 0 Å². The molecule has 1 amide bonds. The number of hydrogen-bond acceptors (Lipinski definition) is 4. The van der Waals surface area contributed by atoms with Gasteiger partial charge in [-0.05, 0) is 6.42 Å². The van der Waals surface area contributed by atoms with Crippen molar-refractivity contribution in [3.8, 4) is 0 Å². The summed E-state index contributed by atoms with van der Waals surface area (Å²) in [6, 6.07) is 0. The van der Waals surface area contributed by atoms with Crippen molar-refractivity contribution in [1.29, 1.82) is 0 Å². The van der Waals surface area contributed by atoms with Crippen LogP contribution in [0.15, 0.2) is 0 Å². The molecule has 1 heterocycles. The highest BCUT2D eigenvalue weighted by Crippen LogP contribution is 2.06. The third-order valence-electron chi connectivity index (χ3n) is 2.32. The molecule has 0 bridgehead atoms. The number of aliphatic hydroxyl groups excluding tert-OH is 1. The van der Waals surface area contributed by atoms with Crippen LogP contribution in [0.1, 0.15) is 19.8 Å². The van der Waals surface area contributed by atoms with Gasteiger partial charge in [0.15, 0.2) is 0 Å². The first-order valence-electron chi connectivity index (χ1n) is 5.42. The molecule has 1 unspecified atom stereocenters. The summed E-state index contributed by atoms with van der Waals surface area (Å²) in [6.45, 7) is 3.89. The molecule has 88 valence electrons. The zero-order valence-corrected chi connectivity index (χ0v) is 9.15. The molecule has 1 fully saturated rings. The van der Waals surface area contributed by atoms with E-state index in [1.165, 1.54) is 0 Å². The van der Waals surface area contributed by atoms with Gasteiger partial charge in [-0.15, -0.1) is 0 Å². The SMILES string of the molecule is CCCCOC(=O)N1CCOC(CO)C1. The summed E-state index contributed by atoms with van der Waals surface area (Å²) in [7, 11) is 0. The van der Waals surface area contributed by atoms with Crippen LogP contribution in [0.25, 0.3) is 0 Å². The van der Waals surface area contributed by atoms with Crippen LogP contribution in [0.5, 0.6) is 0 Å². The predicted molar refractivity (Wildman–Crippen MR) is 54.7 cm³/mol. The van der Waals surface area contributed by atoms with Gasteiger partial charge in [-0.1, -0.05) is 13.3 Å². The number of carbonyl (C=O) groups is 1. The minimum atomic E-state index is -0.301. The number of rotatable bonds is 4. The van der Waals surface area contributed by atoms with Gasteiger partial charge in [0, 0.05) is 6.54 Å². The van der Waals surface area contributed by atoms with Crippen molar-refractivity contribution in [2.24, 2.45) is 0 Å². The zero-order chi connectivity index (χ0) is 11.1. The molecular formula is C10H19NO4. The maximum atomic E-state index is 11.5. The van der Waals surface area contributed by atoms with Crippen molar-refractivity contribution in [3.05, 3.63) is 0 Å². The molecule has 0 aromatic carbocycles. The van der Waals surface area contributed by atoms with E-state index in [9.17, 15) is 4.79 Å². The number of nitrogens with zero attached hydrogens (tertiary/aromatic N) is 1. The number of morpholine rings is 1. The Bertz CT molecular complexity index is 198. The van der Waals surface area contributed by atoms with Gasteiger partial charge in [-0.3, -0.25) is 0 Å². The van der Waals surface area contributed by atoms with Crippen molar-refractivity contribution in [1.82, 2.24) is 4.90 Å². The molecule has 1 rings (SSSR count). The van der Waals surface area contributed by atoms with Crippen molar-refractivity contribution >= 4 is 6.09 Å². The van der Waals surface area contributed by atoms with Crippen molar-refractivity contribution in [2.75, 3.05) is 32.9 Å². The van der Waals surface area contributed by atoms with Crippen LogP contribution >= 0.6 is 0 Å². The second kappa shape index (κ2) is 6.63. The van der Waals surface area contributed by atoms with Gasteiger partial charge in [-0.2, -0.15) is 0 Å². The smallest absolute Gasteiger partial charge is 0.409 e. The van der Waals surface area contributed by atoms with E-state index in [0.717, 1.165) is 12.8 Å². The largest absolute Gasteiger partial charge is 0.449 e. The minimum absolute atomic E-state index is 0.0568. The molecular weight excluding hydrogens is 198 g/mol. The monoisotopic (exact) mass is 217 g/mol. The van der Waals surface area contributed by atoms with Crippen molar-refractivity contribution in [3.63, 3.8) is 0 Å². The molecule has 1 atom stereocenters. The second-order valence-corrected chi connectivity index (χ2v) is 3.59. The summed E-state index contributed by atoms with van der Waals surface area (Å²) in [5.41, 5.74) is 0. The van der Waals surface area contributed by atoms with Crippen LogP contribution < -0.4 is 0 Å². The number of ether oxygens (including phenoxy) is 2. The number of aliphatic hydroxyl groups is 1. The first kappa shape index (κ1) is 12.3. The lowest BCUT2D eigenvalue weighted by molar-refractivity contribution is -0.0496. The van der Waals surface area contributed by atoms with Crippen LogP contribution in [-0.2, 0) is 9.47 Å². The van der Waals surface area contributed by atoms with Crippen LogP contribution in [0, 0.1) is 0 Å². The van der Waals surface area contributed by atoms with Gasteiger partial charge < -0.3 is 19.5 Å². The van der Waals surface area contributed by atoms with Crippen LogP contribution in [-0.4, -0.2) is 55.1 Å². The molecule has 5 heteroatoms. The van der Waals surface area contributed by atoms with E-state index >= 15 is 0 Å². The van der Waals surface area contributed by atoms with Gasteiger partial charge >= 0.3 is 6.09 Å². The Balaban J connectivity index is 2.25. The molecule has 1 N–H and O–H groups in total. The summed E-state index contributed by atoms with van der Waals surface area (Å²) < 4.78 is 10.3. The molecule has 1 aliphatic rings. The summed E-state index contributed by atoms with van der Waals surface area (Å²) in [6.07, 6.45) is 1.33. The molecule has 0 radical (unpaired) electrons. The highest BCUT2D eigenvalue weighted by Gasteiger charge is 2.24. The Morgan fingerprint density at radius 2 is 2.47 bits per heavy atom. The second-order valence-electron chi connectivity index (χ2n) is 3.59. The Hall–Kier alpha value is -0.810. The first-order chi connectivity index (χ1) is 7.27. The van der Waals surface area contributed by atoms with Gasteiger partial charge in [-0.25, -0.2) is 4.79 Å². The number of carbonyl (C=O) groups excluding carboxylic acids is 1. The van der Waals surface area contributed by atoms with E-state index in [0.29, 0.717) is 26.3 Å². The Kier molecular flexibility index (Phi) is 5.42. The molecule has 15 heavy (non-hydrogen) atoms. The molecule has 0 aliphatic carbocycles. The molecule has 1 aliphatic heterocycles. The number of unbranched alkanes of at least 4 members (excludes halogenated alkanes) is 1. The highest BCUT2D eigenvalue weighted by atomic mass is 16.6. The quantitative estimate of drug-likeness (QED) is 0.701. The first-order valence-corrected chi connectivity index (χ1v) is 5.42. The predicted octanol–water partition coefficient (Wildman–Crippen LogP) is 0.616. The standard InChI is InChI=1S/C10H19NO4/c1-2-3-5-15-10(13)11-4-6-14-9(7-11)8-12/h9,12H,2-8H2,1H3. The summed E-state index contributed by atoms with van der Waals surface area (Å²) >= 11 is 0. The number of hydrogen-bond donors (Lipinski definition) is 1. The maximum absolute atomic E-state index is 11.5. The number of amides is 1. The van der Waals surface area contributed by atoms with Gasteiger partial charge in [0.25, 0.3) is 0 Å². The van der Waals surface area contributed by atoms with E-state index in [2.05, 4.69) is 0 Å². The fourth-order valence-electron chi connectivity index (χ4n) is 1.39. The highest BCUT2D eigenvalue weighted by molar-refractivity contribution is 5.67. The van der Waals surface area contributed by atoms with E-state index < -0.39 is 0 Å². The zero-order valence-electron chi connectivity index (χ0n) is 9.15. The van der Waals surface area contributed by atoms with E-state index in [-0.39, 0.29) is 18.8 Å². The molecule has 1 saturated heterocycles. The Morgan fingerprint density at radius 3 is 3.13 bits per heavy atom. The topological polar surface area (TPSA) is 59.0 Å². The molecule has 0 spiro atoms. The van der Waals surface area contributed by atoms with Crippen molar-refractivity contribution in [2.45, 2.75) is 25.9 Å². The third-order valence-corrected chi connectivity index (χ3v) is 2.32. The van der Waals surface area contributed by atoms with Crippen LogP contribution in [0.4, 0.5) is 4.79 Å². The van der Waals surface area contributed by atoms with Gasteiger partial charge in [0.1, 0.15) is 0 Å². The molecule has 0 saturated carbocycles. The fourth-order valence-corrected chi connectivity index (χ4v) is 1.39. The lowest BCUT2D eigenvalue weighted by atomic mass is 10.3. The maximum Gasteiger partial charge on any atom is 0.409 e. The van der Waals surface area contributed by atoms with E-state index in [4.69, 9.17) is 14.6 Å². The molecule has 0 aromatic heterocycles. The van der Waals surface area contributed by atoms with E-state index in [1.807, 2.05) is 6.92 Å². The van der Waals surface area contributed by atoms with Gasteiger partial charge in [0.2, 0.25) is 0 Å². The summed E-state index contributed by atoms with van der Waals surface area (Å²) in [5.74, 6) is 0. The van der Waals surface area contributed by atoms with Gasteiger partial charge in [0.05, 0.1) is 32.5 Å². The molecule has 0 aromatic rings. The summed E-state index contributed by atoms with van der Waals surface area (Å²) in [4.78, 5) is 13.1. The minimum Gasteiger partial charge on any atom is -0.449 e. The fraction of sp³-hybridized carbons (Fsp3) is 0.900. The Labute approximate surface area is 90.0 Å². The molecule has 5 nitrogen and oxygen atoms in total. The average molecular weight is 217 g/mol. The lowest BCUT2D eigenvalue weighted by Gasteiger charge is -2.31. The summed E-state index contributed by atoms with van der Waals surface area (Å²) in [5, 5.41) is 8.90.